The maximum Gasteiger partial charge on any atom is 0.305 e. The van der Waals surface area contributed by atoms with Crippen molar-refractivity contribution in [2.45, 2.75) is 19.8 Å². The third-order valence-corrected chi connectivity index (χ3v) is 2.72. The SMILES string of the molecule is CCN(CCC(=O)O)C(=O)c1cccc(CC#N)c1. The molecule has 0 atom stereocenters. The van der Waals surface area contributed by atoms with E-state index in [0.717, 1.165) is 5.56 Å². The number of carbonyl (C=O) groups excluding carboxylic acids is 1. The zero-order chi connectivity index (χ0) is 14.3. The molecule has 1 aromatic rings. The molecule has 0 unspecified atom stereocenters. The highest BCUT2D eigenvalue weighted by Gasteiger charge is 2.15. The summed E-state index contributed by atoms with van der Waals surface area (Å²) in [4.78, 5) is 24.2. The fourth-order valence-corrected chi connectivity index (χ4v) is 1.72. The highest BCUT2D eigenvalue weighted by atomic mass is 16.4. The molecule has 0 aliphatic carbocycles. The summed E-state index contributed by atoms with van der Waals surface area (Å²) in [6, 6.07) is 8.89. The van der Waals surface area contributed by atoms with Crippen molar-refractivity contribution in [1.29, 1.82) is 5.26 Å². The molecule has 19 heavy (non-hydrogen) atoms. The Labute approximate surface area is 112 Å². The maximum absolute atomic E-state index is 12.2. The van der Waals surface area contributed by atoms with Gasteiger partial charge in [-0.1, -0.05) is 12.1 Å². The minimum Gasteiger partial charge on any atom is -0.481 e. The molecule has 0 saturated carbocycles. The van der Waals surface area contributed by atoms with Crippen molar-refractivity contribution in [1.82, 2.24) is 4.90 Å². The Kier molecular flexibility index (Phi) is 5.55. The molecule has 0 saturated heterocycles. The second kappa shape index (κ2) is 7.17. The second-order valence-electron chi connectivity index (χ2n) is 4.06. The summed E-state index contributed by atoms with van der Waals surface area (Å²) in [5, 5.41) is 17.3. The third-order valence-electron chi connectivity index (χ3n) is 2.72. The molecule has 5 nitrogen and oxygen atoms in total. The van der Waals surface area contributed by atoms with Crippen molar-refractivity contribution in [3.8, 4) is 6.07 Å². The van der Waals surface area contributed by atoms with E-state index in [4.69, 9.17) is 10.4 Å². The molecule has 0 heterocycles. The van der Waals surface area contributed by atoms with Crippen LogP contribution >= 0.6 is 0 Å². The number of carboxylic acid groups (broad SMARTS) is 1. The lowest BCUT2D eigenvalue weighted by Gasteiger charge is -2.20. The van der Waals surface area contributed by atoms with Crippen LogP contribution in [0.4, 0.5) is 0 Å². The largest absolute Gasteiger partial charge is 0.481 e. The molecule has 0 fully saturated rings. The van der Waals surface area contributed by atoms with Gasteiger partial charge < -0.3 is 10.0 Å². The Morgan fingerprint density at radius 3 is 2.74 bits per heavy atom. The molecule has 1 amide bonds. The maximum atomic E-state index is 12.2. The second-order valence-corrected chi connectivity index (χ2v) is 4.06. The summed E-state index contributed by atoms with van der Waals surface area (Å²) < 4.78 is 0. The molecule has 100 valence electrons. The first-order valence-electron chi connectivity index (χ1n) is 6.05. The molecule has 0 radical (unpaired) electrons. The van der Waals surface area contributed by atoms with Crippen LogP contribution in [-0.2, 0) is 11.2 Å². The highest BCUT2D eigenvalue weighted by molar-refractivity contribution is 5.94. The minimum atomic E-state index is -0.926. The molecule has 0 aliphatic heterocycles. The van der Waals surface area contributed by atoms with Gasteiger partial charge in [0.15, 0.2) is 0 Å². The topological polar surface area (TPSA) is 81.4 Å². The fourth-order valence-electron chi connectivity index (χ4n) is 1.72. The highest BCUT2D eigenvalue weighted by Crippen LogP contribution is 2.09. The minimum absolute atomic E-state index is 0.0720. The molecule has 5 heteroatoms. The van der Waals surface area contributed by atoms with Crippen molar-refractivity contribution in [2.75, 3.05) is 13.1 Å². The number of amides is 1. The molecule has 1 N–H and O–H groups in total. The zero-order valence-electron chi connectivity index (χ0n) is 10.8. The fraction of sp³-hybridized carbons (Fsp3) is 0.357. The van der Waals surface area contributed by atoms with Crippen molar-refractivity contribution in [2.24, 2.45) is 0 Å². The van der Waals surface area contributed by atoms with Gasteiger partial charge in [-0.25, -0.2) is 0 Å². The summed E-state index contributed by atoms with van der Waals surface area (Å²) in [5.41, 5.74) is 1.27. The van der Waals surface area contributed by atoms with Gasteiger partial charge in [0.1, 0.15) is 0 Å². The Bertz CT molecular complexity index is 506. The van der Waals surface area contributed by atoms with Crippen LogP contribution in [-0.4, -0.2) is 35.0 Å². The molecular weight excluding hydrogens is 244 g/mol. The van der Waals surface area contributed by atoms with Gasteiger partial charge in [-0.05, 0) is 24.6 Å². The van der Waals surface area contributed by atoms with Crippen LogP contribution in [0.5, 0.6) is 0 Å². The summed E-state index contributed by atoms with van der Waals surface area (Å²) in [7, 11) is 0. The number of carboxylic acids is 1. The Morgan fingerprint density at radius 2 is 2.16 bits per heavy atom. The Balaban J connectivity index is 2.82. The van der Waals surface area contributed by atoms with Gasteiger partial charge in [0.05, 0.1) is 18.9 Å². The van der Waals surface area contributed by atoms with E-state index in [9.17, 15) is 9.59 Å². The van der Waals surface area contributed by atoms with E-state index in [1.54, 1.807) is 31.2 Å². The van der Waals surface area contributed by atoms with Gasteiger partial charge in [0, 0.05) is 18.7 Å². The van der Waals surface area contributed by atoms with E-state index >= 15 is 0 Å². The number of nitriles is 1. The van der Waals surface area contributed by atoms with Crippen LogP contribution in [0, 0.1) is 11.3 Å². The van der Waals surface area contributed by atoms with Crippen LogP contribution < -0.4 is 0 Å². The number of hydrogen-bond donors (Lipinski definition) is 1. The number of hydrogen-bond acceptors (Lipinski definition) is 3. The van der Waals surface area contributed by atoms with Crippen molar-refractivity contribution in [3.63, 3.8) is 0 Å². The Morgan fingerprint density at radius 1 is 1.42 bits per heavy atom. The van der Waals surface area contributed by atoms with E-state index in [2.05, 4.69) is 0 Å². The van der Waals surface area contributed by atoms with E-state index in [0.29, 0.717) is 12.1 Å². The first kappa shape index (κ1) is 14.7. The molecular formula is C14H16N2O3. The molecule has 1 rings (SSSR count). The van der Waals surface area contributed by atoms with Gasteiger partial charge in [-0.2, -0.15) is 5.26 Å². The lowest BCUT2D eigenvalue weighted by Crippen LogP contribution is -2.32. The first-order valence-corrected chi connectivity index (χ1v) is 6.05. The molecule has 0 bridgehead atoms. The quantitative estimate of drug-likeness (QED) is 0.843. The molecule has 1 aromatic carbocycles. The van der Waals surface area contributed by atoms with Gasteiger partial charge >= 0.3 is 5.97 Å². The zero-order valence-corrected chi connectivity index (χ0v) is 10.8. The monoisotopic (exact) mass is 260 g/mol. The number of rotatable bonds is 6. The van der Waals surface area contributed by atoms with Crippen LogP contribution in [0.2, 0.25) is 0 Å². The first-order chi connectivity index (χ1) is 9.08. The average molecular weight is 260 g/mol. The average Bonchev–Trinajstić information content (AvgIpc) is 2.39. The van der Waals surface area contributed by atoms with Crippen molar-refractivity contribution >= 4 is 11.9 Å². The number of carbonyl (C=O) groups is 2. The van der Waals surface area contributed by atoms with E-state index in [-0.39, 0.29) is 25.3 Å². The summed E-state index contributed by atoms with van der Waals surface area (Å²) in [6.45, 7) is 2.45. The van der Waals surface area contributed by atoms with Crippen LogP contribution in [0.15, 0.2) is 24.3 Å². The van der Waals surface area contributed by atoms with Crippen molar-refractivity contribution < 1.29 is 14.7 Å². The van der Waals surface area contributed by atoms with Crippen LogP contribution in [0.3, 0.4) is 0 Å². The summed E-state index contributed by atoms with van der Waals surface area (Å²) >= 11 is 0. The smallest absolute Gasteiger partial charge is 0.305 e. The van der Waals surface area contributed by atoms with Crippen LogP contribution in [0.25, 0.3) is 0 Å². The molecule has 0 aliphatic rings. The van der Waals surface area contributed by atoms with E-state index in [1.165, 1.54) is 4.90 Å². The summed E-state index contributed by atoms with van der Waals surface area (Å²) in [5.74, 6) is -1.13. The normalized spacial score (nSPS) is 9.68. The van der Waals surface area contributed by atoms with Gasteiger partial charge in [0.25, 0.3) is 5.91 Å². The van der Waals surface area contributed by atoms with Crippen molar-refractivity contribution in [3.05, 3.63) is 35.4 Å². The molecule has 0 spiro atoms. The number of nitrogens with zero attached hydrogens (tertiary/aromatic N) is 2. The Hall–Kier alpha value is -2.35. The van der Waals surface area contributed by atoms with Gasteiger partial charge in [-0.15, -0.1) is 0 Å². The number of aliphatic carboxylic acids is 1. The standard InChI is InChI=1S/C14H16N2O3/c1-2-16(9-7-13(17)18)14(19)12-5-3-4-11(10-12)6-8-15/h3-5,10H,2,6-7,9H2,1H3,(H,17,18). The van der Waals surface area contributed by atoms with E-state index < -0.39 is 5.97 Å². The lowest BCUT2D eigenvalue weighted by molar-refractivity contribution is -0.137. The van der Waals surface area contributed by atoms with Gasteiger partial charge in [-0.3, -0.25) is 9.59 Å². The van der Waals surface area contributed by atoms with E-state index in [1.807, 2.05) is 6.07 Å². The lowest BCUT2D eigenvalue weighted by atomic mass is 10.1. The van der Waals surface area contributed by atoms with Crippen LogP contribution in [0.1, 0.15) is 29.3 Å². The number of benzene rings is 1. The van der Waals surface area contributed by atoms with Gasteiger partial charge in [0.2, 0.25) is 0 Å². The third kappa shape index (κ3) is 4.43. The predicted molar refractivity (Wildman–Crippen MR) is 69.6 cm³/mol. The predicted octanol–water partition coefficient (Wildman–Crippen LogP) is 1.69. The summed E-state index contributed by atoms with van der Waals surface area (Å²) in [6.07, 6.45) is 0.180. The molecule has 0 aromatic heterocycles.